The lowest BCUT2D eigenvalue weighted by Gasteiger charge is -1.85. The lowest BCUT2D eigenvalue weighted by Crippen LogP contribution is -1.87. The number of hydrogen-bond donors (Lipinski definition) is 2. The predicted molar refractivity (Wildman–Crippen MR) is 51.8 cm³/mol. The summed E-state index contributed by atoms with van der Waals surface area (Å²) in [6, 6.07) is 0. The summed E-state index contributed by atoms with van der Waals surface area (Å²) in [7, 11) is 0. The Bertz CT molecular complexity index is 178. The highest BCUT2D eigenvalue weighted by molar-refractivity contribution is 14.1. The van der Waals surface area contributed by atoms with E-state index in [1.165, 1.54) is 0 Å². The van der Waals surface area contributed by atoms with Gasteiger partial charge in [0, 0.05) is 9.78 Å². The maximum Gasteiger partial charge on any atom is 0.121 e. The van der Waals surface area contributed by atoms with Gasteiger partial charge in [0.05, 0.1) is 0 Å². The Hall–Kier alpha value is -0.450. The SMILES string of the molecule is C\C(N)=C/C=C\C(O)=C/I. The van der Waals surface area contributed by atoms with Crippen molar-refractivity contribution in [3.8, 4) is 0 Å². The third-order valence-corrected chi connectivity index (χ3v) is 1.38. The Morgan fingerprint density at radius 3 is 2.60 bits per heavy atom. The number of halogens is 1. The highest BCUT2D eigenvalue weighted by atomic mass is 127. The smallest absolute Gasteiger partial charge is 0.121 e. The van der Waals surface area contributed by atoms with Crippen LogP contribution in [0.25, 0.3) is 0 Å². The van der Waals surface area contributed by atoms with Crippen LogP contribution in [0.3, 0.4) is 0 Å². The number of allylic oxidation sites excluding steroid dienone is 4. The van der Waals surface area contributed by atoms with Crippen LogP contribution in [0.1, 0.15) is 6.92 Å². The van der Waals surface area contributed by atoms with Crippen molar-refractivity contribution in [3.05, 3.63) is 33.8 Å². The largest absolute Gasteiger partial charge is 0.507 e. The van der Waals surface area contributed by atoms with Crippen LogP contribution in [0, 0.1) is 0 Å². The van der Waals surface area contributed by atoms with Crippen molar-refractivity contribution in [1.82, 2.24) is 0 Å². The fourth-order valence-corrected chi connectivity index (χ4v) is 0.542. The van der Waals surface area contributed by atoms with Gasteiger partial charge in [-0.05, 0) is 41.7 Å². The molecule has 3 heteroatoms. The quantitative estimate of drug-likeness (QED) is 0.449. The summed E-state index contributed by atoms with van der Waals surface area (Å²) >= 11 is 1.96. The molecular weight excluding hydrogens is 241 g/mol. The summed E-state index contributed by atoms with van der Waals surface area (Å²) < 4.78 is 1.58. The first-order chi connectivity index (χ1) is 4.66. The lowest BCUT2D eigenvalue weighted by molar-refractivity contribution is 0.435. The van der Waals surface area contributed by atoms with Gasteiger partial charge in [-0.25, -0.2) is 0 Å². The van der Waals surface area contributed by atoms with E-state index in [1.54, 1.807) is 29.2 Å². The van der Waals surface area contributed by atoms with Gasteiger partial charge in [-0.1, -0.05) is 6.08 Å². The van der Waals surface area contributed by atoms with Gasteiger partial charge in [0.25, 0.3) is 0 Å². The van der Waals surface area contributed by atoms with E-state index in [2.05, 4.69) is 0 Å². The Morgan fingerprint density at radius 1 is 1.60 bits per heavy atom. The van der Waals surface area contributed by atoms with Crippen LogP contribution in [0.5, 0.6) is 0 Å². The number of rotatable bonds is 2. The third-order valence-electron chi connectivity index (χ3n) is 0.738. The summed E-state index contributed by atoms with van der Waals surface area (Å²) in [6.07, 6.45) is 4.99. The van der Waals surface area contributed by atoms with Crippen molar-refractivity contribution in [2.75, 3.05) is 0 Å². The second-order valence-electron chi connectivity index (χ2n) is 1.80. The molecule has 0 spiro atoms. The molecule has 56 valence electrons. The van der Waals surface area contributed by atoms with Gasteiger partial charge in [-0.2, -0.15) is 0 Å². The Kier molecular flexibility index (Phi) is 5.10. The van der Waals surface area contributed by atoms with Crippen LogP contribution in [-0.4, -0.2) is 5.11 Å². The van der Waals surface area contributed by atoms with Gasteiger partial charge in [0.15, 0.2) is 0 Å². The number of aliphatic hydroxyl groups is 1. The Labute approximate surface area is 74.3 Å². The second-order valence-corrected chi connectivity index (χ2v) is 2.43. The molecule has 0 aromatic rings. The van der Waals surface area contributed by atoms with Crippen LogP contribution >= 0.6 is 22.6 Å². The molecule has 0 aromatic carbocycles. The van der Waals surface area contributed by atoms with Crippen molar-refractivity contribution in [3.63, 3.8) is 0 Å². The van der Waals surface area contributed by atoms with Crippen molar-refractivity contribution < 1.29 is 5.11 Å². The zero-order valence-electron chi connectivity index (χ0n) is 5.71. The normalized spacial score (nSPS) is 14.6. The molecule has 0 radical (unpaired) electrons. The molecule has 0 bridgehead atoms. The van der Waals surface area contributed by atoms with Crippen molar-refractivity contribution in [2.24, 2.45) is 5.73 Å². The van der Waals surface area contributed by atoms with E-state index in [1.807, 2.05) is 22.6 Å². The fraction of sp³-hybridized carbons (Fsp3) is 0.143. The molecule has 0 amide bonds. The molecule has 2 nitrogen and oxygen atoms in total. The molecule has 0 heterocycles. The molecule has 0 aliphatic carbocycles. The number of aliphatic hydroxyl groups excluding tert-OH is 1. The molecule has 10 heavy (non-hydrogen) atoms. The first-order valence-electron chi connectivity index (χ1n) is 2.76. The van der Waals surface area contributed by atoms with Gasteiger partial charge in [-0.15, -0.1) is 0 Å². The van der Waals surface area contributed by atoms with Crippen molar-refractivity contribution >= 4 is 22.6 Å². The molecule has 0 aromatic heterocycles. The third kappa shape index (κ3) is 5.68. The summed E-state index contributed by atoms with van der Waals surface area (Å²) in [5.41, 5.74) is 6.05. The van der Waals surface area contributed by atoms with Gasteiger partial charge in [0.1, 0.15) is 5.76 Å². The predicted octanol–water partition coefficient (Wildman–Crippen LogP) is 2.24. The average Bonchev–Trinajstić information content (AvgIpc) is 1.87. The van der Waals surface area contributed by atoms with E-state index >= 15 is 0 Å². The van der Waals surface area contributed by atoms with Crippen LogP contribution in [0.2, 0.25) is 0 Å². The maximum absolute atomic E-state index is 8.87. The minimum absolute atomic E-state index is 0.234. The van der Waals surface area contributed by atoms with Crippen LogP contribution in [0.4, 0.5) is 0 Å². The molecule has 0 atom stereocenters. The summed E-state index contributed by atoms with van der Waals surface area (Å²) in [5.74, 6) is 0.234. The van der Waals surface area contributed by atoms with Crippen molar-refractivity contribution in [1.29, 1.82) is 0 Å². The molecule has 0 saturated carbocycles. The minimum Gasteiger partial charge on any atom is -0.507 e. The molecular formula is C7H10INO. The van der Waals surface area contributed by atoms with E-state index in [9.17, 15) is 0 Å². The molecule has 0 fully saturated rings. The maximum atomic E-state index is 8.87. The van der Waals surface area contributed by atoms with Gasteiger partial charge < -0.3 is 10.8 Å². The topological polar surface area (TPSA) is 46.2 Å². The van der Waals surface area contributed by atoms with Crippen molar-refractivity contribution in [2.45, 2.75) is 6.92 Å². The Morgan fingerprint density at radius 2 is 2.20 bits per heavy atom. The van der Waals surface area contributed by atoms with Gasteiger partial charge in [0.2, 0.25) is 0 Å². The lowest BCUT2D eigenvalue weighted by atomic mass is 10.4. The fourth-order valence-electron chi connectivity index (χ4n) is 0.335. The van der Waals surface area contributed by atoms with E-state index < -0.39 is 0 Å². The molecule has 0 saturated heterocycles. The van der Waals surface area contributed by atoms with Crippen LogP contribution in [-0.2, 0) is 0 Å². The van der Waals surface area contributed by atoms with Crippen LogP contribution < -0.4 is 5.73 Å². The van der Waals surface area contributed by atoms with Crippen LogP contribution in [0.15, 0.2) is 33.8 Å². The zero-order valence-corrected chi connectivity index (χ0v) is 7.87. The van der Waals surface area contributed by atoms with Gasteiger partial charge in [-0.3, -0.25) is 0 Å². The standard InChI is InChI=1S/C7H10INO/c1-6(9)3-2-4-7(10)5-8/h2-5,10H,9H2,1H3/b4-2-,6-3+,7-5+. The summed E-state index contributed by atoms with van der Waals surface area (Å²) in [6.45, 7) is 1.79. The minimum atomic E-state index is 0.234. The molecule has 0 aliphatic heterocycles. The highest BCUT2D eigenvalue weighted by Crippen LogP contribution is 1.96. The number of hydrogen-bond acceptors (Lipinski definition) is 2. The summed E-state index contributed by atoms with van der Waals surface area (Å²) in [4.78, 5) is 0. The first-order valence-corrected chi connectivity index (χ1v) is 4.01. The monoisotopic (exact) mass is 251 g/mol. The van der Waals surface area contributed by atoms with E-state index in [0.717, 1.165) is 5.70 Å². The molecule has 0 aliphatic rings. The second kappa shape index (κ2) is 5.34. The molecule has 0 unspecified atom stereocenters. The van der Waals surface area contributed by atoms with E-state index in [-0.39, 0.29) is 5.76 Å². The average molecular weight is 251 g/mol. The Balaban J connectivity index is 3.90. The van der Waals surface area contributed by atoms with Gasteiger partial charge >= 0.3 is 0 Å². The van der Waals surface area contributed by atoms with E-state index in [4.69, 9.17) is 10.8 Å². The van der Waals surface area contributed by atoms with E-state index in [0.29, 0.717) is 0 Å². The first kappa shape index (κ1) is 9.55. The zero-order chi connectivity index (χ0) is 7.98. The molecule has 3 N–H and O–H groups in total. The molecule has 0 rings (SSSR count). The number of nitrogens with two attached hydrogens (primary N) is 1. The highest BCUT2D eigenvalue weighted by Gasteiger charge is 1.77. The summed E-state index contributed by atoms with van der Waals surface area (Å²) in [5, 5.41) is 8.87.